The van der Waals surface area contributed by atoms with Gasteiger partial charge in [-0.3, -0.25) is 47.9 Å². The lowest BCUT2D eigenvalue weighted by Crippen LogP contribution is -2.43. The van der Waals surface area contributed by atoms with Crippen LogP contribution in [0.5, 0.6) is 0 Å². The van der Waals surface area contributed by atoms with E-state index in [1.54, 1.807) is 96.9 Å². The molecule has 0 aliphatic heterocycles. The van der Waals surface area contributed by atoms with Crippen LogP contribution in [0.4, 0.5) is 0 Å². The summed E-state index contributed by atoms with van der Waals surface area (Å²) >= 11 is 0. The molecule has 0 aliphatic carbocycles. The third kappa shape index (κ3) is 81.3. The van der Waals surface area contributed by atoms with Crippen LogP contribution >= 0.6 is 0 Å². The molecule has 4 atom stereocenters. The van der Waals surface area contributed by atoms with Crippen LogP contribution in [0, 0.1) is 34.5 Å². The Hall–Kier alpha value is -5.42. The van der Waals surface area contributed by atoms with Gasteiger partial charge >= 0.3 is 59.7 Å². The van der Waals surface area contributed by atoms with Crippen LogP contribution in [-0.4, -0.2) is 134 Å². The molecule has 0 aromatic carbocycles. The van der Waals surface area contributed by atoms with E-state index in [0.29, 0.717) is 25.7 Å². The molecular weight excluding hydrogens is 892 g/mol. The predicted molar refractivity (Wildman–Crippen MR) is 252 cm³/mol. The smallest absolute Gasteiger partial charge is 0.323 e. The van der Waals surface area contributed by atoms with Gasteiger partial charge in [0.25, 0.3) is 0 Å². The van der Waals surface area contributed by atoms with Crippen molar-refractivity contribution in [1.29, 1.82) is 0 Å². The molecule has 67 heavy (non-hydrogen) atoms. The topological polar surface area (TPSA) is 445 Å². The molecule has 0 saturated carbocycles. The highest BCUT2D eigenvalue weighted by Crippen LogP contribution is 2.19. The molecule has 15 N–H and O–H groups in total. The third-order valence-electron chi connectivity index (χ3n) is 7.55. The first-order chi connectivity index (χ1) is 29.8. The highest BCUT2D eigenvalue weighted by Gasteiger charge is 2.29. The summed E-state index contributed by atoms with van der Waals surface area (Å²) < 4.78 is 0. The average molecular weight is 983 g/mol. The third-order valence-corrected chi connectivity index (χ3v) is 7.55. The van der Waals surface area contributed by atoms with Gasteiger partial charge in [-0.05, 0) is 66.7 Å². The van der Waals surface area contributed by atoms with E-state index in [1.807, 2.05) is 13.8 Å². The van der Waals surface area contributed by atoms with E-state index >= 15 is 0 Å². The number of nitrogens with two attached hydrogens (primary N) is 2. The van der Waals surface area contributed by atoms with Gasteiger partial charge in [0, 0.05) is 12.8 Å². The monoisotopic (exact) mass is 983 g/mol. The van der Waals surface area contributed by atoms with E-state index < -0.39 is 82.1 Å². The molecule has 0 rings (SSSR count). The first kappa shape index (κ1) is 84.9. The minimum atomic E-state index is -1.04. The highest BCUT2D eigenvalue weighted by atomic mass is 16.4. The van der Waals surface area contributed by atoms with Crippen LogP contribution in [0.2, 0.25) is 0 Å². The molecule has 0 aliphatic rings. The van der Waals surface area contributed by atoms with Gasteiger partial charge in [0.1, 0.15) is 11.6 Å². The summed E-state index contributed by atoms with van der Waals surface area (Å²) in [4.78, 5) is 98.3. The quantitative estimate of drug-likeness (QED) is 0.0861. The van der Waals surface area contributed by atoms with Crippen LogP contribution in [0.25, 0.3) is 0 Å². The van der Waals surface area contributed by atoms with Crippen molar-refractivity contribution in [2.75, 3.05) is 6.61 Å². The number of carbonyl (C=O) groups is 10. The molecular formula is C44H90N2O21. The summed E-state index contributed by atoms with van der Waals surface area (Å²) in [6.07, 6.45) is 3.38. The Balaban J connectivity index is -0.0000000676. The molecule has 0 spiro atoms. The molecule has 0 saturated heterocycles. The van der Waals surface area contributed by atoms with Crippen LogP contribution < -0.4 is 11.5 Å². The number of aliphatic hydroxyl groups excluding tert-OH is 1. The zero-order valence-corrected chi connectivity index (χ0v) is 43.2. The van der Waals surface area contributed by atoms with Crippen molar-refractivity contribution >= 4 is 59.7 Å². The lowest BCUT2D eigenvalue weighted by Gasteiger charge is -2.18. The number of carboxylic acid groups (broad SMARTS) is 10. The second kappa shape index (κ2) is 50.0. The van der Waals surface area contributed by atoms with E-state index in [0.717, 1.165) is 12.8 Å². The Bertz CT molecular complexity index is 1290. The molecule has 0 amide bonds. The maximum absolute atomic E-state index is 10.3. The van der Waals surface area contributed by atoms with Crippen LogP contribution in [0.15, 0.2) is 0 Å². The summed E-state index contributed by atoms with van der Waals surface area (Å²) in [6, 6.07) is -0.681. The van der Waals surface area contributed by atoms with Crippen molar-refractivity contribution in [3.05, 3.63) is 0 Å². The fourth-order valence-corrected chi connectivity index (χ4v) is 1.04. The minimum Gasteiger partial charge on any atom is -0.481 e. The maximum atomic E-state index is 10.3. The summed E-state index contributed by atoms with van der Waals surface area (Å²) in [5.41, 5.74) is 7.71. The molecule has 23 heteroatoms. The number of hydrogen-bond acceptors (Lipinski definition) is 13. The highest BCUT2D eigenvalue weighted by molar-refractivity contribution is 5.77. The molecule has 402 valence electrons. The zero-order chi connectivity index (χ0) is 56.8. The van der Waals surface area contributed by atoms with Crippen molar-refractivity contribution < 1.29 is 104 Å². The van der Waals surface area contributed by atoms with Crippen molar-refractivity contribution in [1.82, 2.24) is 0 Å². The molecule has 0 heterocycles. The lowest BCUT2D eigenvalue weighted by atomic mass is 9.89. The number of rotatable bonds is 15. The first-order valence-corrected chi connectivity index (χ1v) is 21.3. The van der Waals surface area contributed by atoms with E-state index in [9.17, 15) is 47.9 Å². The average Bonchev–Trinajstić information content (AvgIpc) is 3.21. The predicted octanol–water partition coefficient (Wildman–Crippen LogP) is 6.25. The van der Waals surface area contributed by atoms with Gasteiger partial charge < -0.3 is 67.6 Å². The largest absolute Gasteiger partial charge is 0.481 e. The van der Waals surface area contributed by atoms with Gasteiger partial charge in [-0.25, -0.2) is 0 Å². The fourth-order valence-electron chi connectivity index (χ4n) is 1.04. The van der Waals surface area contributed by atoms with Gasteiger partial charge in [0.05, 0.1) is 41.1 Å². The summed E-state index contributed by atoms with van der Waals surface area (Å²) in [7, 11) is 0. The maximum Gasteiger partial charge on any atom is 0.323 e. The number of aliphatic hydroxyl groups is 1. The molecule has 0 fully saturated rings. The summed E-state index contributed by atoms with van der Waals surface area (Å²) in [5.74, 6) is -8.83. The molecule has 23 nitrogen and oxygen atoms in total. The normalized spacial score (nSPS) is 12.1. The Morgan fingerprint density at radius 1 is 0.463 bits per heavy atom. The Labute approximate surface area is 397 Å². The molecule has 4 unspecified atom stereocenters. The number of carboxylic acids is 10. The number of aliphatic carboxylic acids is 10. The van der Waals surface area contributed by atoms with Crippen LogP contribution in [-0.2, 0) is 47.9 Å². The van der Waals surface area contributed by atoms with E-state index in [-0.39, 0.29) is 36.7 Å². The van der Waals surface area contributed by atoms with Crippen molar-refractivity contribution in [3.8, 4) is 0 Å². The van der Waals surface area contributed by atoms with Gasteiger partial charge in [-0.15, -0.1) is 0 Å². The SMILES string of the molecule is CC(C)(C)C(=O)O.CC(C)C(=O)O.CC(C)C(=O)O.CC(C)C(=O)O.CCC(=O)O.CCC(C)(CO)C(=O)O.CCC(C)(N)C(=O)O.CCC(C)C(=O)O.CCC(N)C(=O)O.CCCC(=O)O. The van der Waals surface area contributed by atoms with E-state index in [4.69, 9.17) is 67.6 Å². The minimum absolute atomic E-state index is 0.181. The van der Waals surface area contributed by atoms with Gasteiger partial charge in [-0.2, -0.15) is 0 Å². The van der Waals surface area contributed by atoms with Crippen LogP contribution in [0.3, 0.4) is 0 Å². The Morgan fingerprint density at radius 2 is 0.746 bits per heavy atom. The fraction of sp³-hybridized carbons (Fsp3) is 0.773. The van der Waals surface area contributed by atoms with Gasteiger partial charge in [0.15, 0.2) is 0 Å². The van der Waals surface area contributed by atoms with E-state index in [2.05, 4.69) is 0 Å². The second-order valence-corrected chi connectivity index (χ2v) is 16.4. The summed E-state index contributed by atoms with van der Waals surface area (Å²) in [5, 5.41) is 89.5. The standard InChI is InChI=1S/C6H12O3.C5H11NO2.2C5H10O2.C4H9NO2.4C4H8O2.C3H6O2/c1-3-6(2,4-7)5(8)9;1-3-5(2,6)4(7)8;1-5(2,3)4(6)7;1-3-4(2)5(6)7;1-2-3(5)4(6)7;3*1-3(2)4(5)6;1-2-3-4(5)6;1-2-3(4)5/h7H,3-4H2,1-2H3,(H,8,9);3,6H2,1-2H3,(H,7,8);1-3H3,(H,6,7);4H,3H2,1-2H3,(H,6,7);3H,2,5H2,1H3,(H,6,7);3*3H,1-2H3,(H,5,6);2-3H2,1H3,(H,5,6);2H2,1H3,(H,4,5). The van der Waals surface area contributed by atoms with Gasteiger partial charge in [0.2, 0.25) is 0 Å². The zero-order valence-electron chi connectivity index (χ0n) is 43.2. The summed E-state index contributed by atoms with van der Waals surface area (Å²) in [6.45, 7) is 29.8. The number of hydrogen-bond donors (Lipinski definition) is 13. The molecule has 0 radical (unpaired) electrons. The van der Waals surface area contributed by atoms with Gasteiger partial charge in [-0.1, -0.05) is 90.0 Å². The molecule has 0 aromatic rings. The van der Waals surface area contributed by atoms with Crippen molar-refractivity contribution in [2.45, 2.75) is 181 Å². The Morgan fingerprint density at radius 3 is 0.746 bits per heavy atom. The second-order valence-electron chi connectivity index (χ2n) is 16.4. The Kier molecular flexibility index (Phi) is 63.4. The molecule has 0 bridgehead atoms. The van der Waals surface area contributed by atoms with Crippen LogP contribution in [0.1, 0.15) is 170 Å². The van der Waals surface area contributed by atoms with Crippen molar-refractivity contribution in [2.24, 2.45) is 46.0 Å². The van der Waals surface area contributed by atoms with Crippen molar-refractivity contribution in [3.63, 3.8) is 0 Å². The lowest BCUT2D eigenvalue weighted by molar-refractivity contribution is -0.150. The van der Waals surface area contributed by atoms with E-state index in [1.165, 1.54) is 13.8 Å². The molecule has 0 aromatic heterocycles. The first-order valence-electron chi connectivity index (χ1n) is 21.3.